The molecule has 0 saturated carbocycles. The molecular weight excluding hydrogens is 324 g/mol. The number of rotatable bonds is 5. The van der Waals surface area contributed by atoms with E-state index >= 15 is 0 Å². The maximum atomic E-state index is 12.7. The van der Waals surface area contributed by atoms with Crippen molar-refractivity contribution in [1.29, 1.82) is 0 Å². The van der Waals surface area contributed by atoms with Crippen LogP contribution in [0.2, 0.25) is 0 Å². The lowest BCUT2D eigenvalue weighted by molar-refractivity contribution is 0.184. The van der Waals surface area contributed by atoms with Gasteiger partial charge in [-0.05, 0) is 43.4 Å². The standard InChI is InChI=1S/C15H24N2O3S.ClH/c1-12(16)14-6-8-17(9-7-14)21(18,19)15-5-3-4-13(10-15)11-20-2;/h3-5,10,12,14H,6-9,11,16H2,1-2H3;1H. The van der Waals surface area contributed by atoms with E-state index in [1.165, 1.54) is 0 Å². The van der Waals surface area contributed by atoms with E-state index in [-0.39, 0.29) is 18.4 Å². The molecule has 1 aliphatic heterocycles. The summed E-state index contributed by atoms with van der Waals surface area (Å²) in [6, 6.07) is 7.09. The van der Waals surface area contributed by atoms with Crippen molar-refractivity contribution < 1.29 is 13.2 Å². The largest absolute Gasteiger partial charge is 0.380 e. The molecule has 0 aliphatic carbocycles. The predicted molar refractivity (Wildman–Crippen MR) is 89.5 cm³/mol. The molecule has 1 atom stereocenters. The molecule has 2 rings (SSSR count). The quantitative estimate of drug-likeness (QED) is 0.883. The highest BCUT2D eigenvalue weighted by Crippen LogP contribution is 2.25. The third-order valence-corrected chi connectivity index (χ3v) is 5.98. The van der Waals surface area contributed by atoms with Crippen molar-refractivity contribution in [3.05, 3.63) is 29.8 Å². The molecule has 0 spiro atoms. The average Bonchev–Trinajstić information content (AvgIpc) is 2.48. The number of sulfonamides is 1. The number of methoxy groups -OCH3 is 1. The van der Waals surface area contributed by atoms with E-state index < -0.39 is 10.0 Å². The molecule has 0 aromatic heterocycles. The number of nitrogens with zero attached hydrogens (tertiary/aromatic N) is 1. The SMILES string of the molecule is COCc1cccc(S(=O)(=O)N2CCC(C(C)N)CC2)c1.Cl. The zero-order valence-electron chi connectivity index (χ0n) is 13.1. The van der Waals surface area contributed by atoms with Crippen molar-refractivity contribution in [2.45, 2.75) is 37.3 Å². The van der Waals surface area contributed by atoms with E-state index in [1.54, 1.807) is 29.6 Å². The number of nitrogens with two attached hydrogens (primary N) is 1. The summed E-state index contributed by atoms with van der Waals surface area (Å²) in [5.74, 6) is 0.413. The van der Waals surface area contributed by atoms with E-state index in [1.807, 2.05) is 13.0 Å². The van der Waals surface area contributed by atoms with Crippen LogP contribution in [0, 0.1) is 5.92 Å². The van der Waals surface area contributed by atoms with Gasteiger partial charge in [0, 0.05) is 26.2 Å². The van der Waals surface area contributed by atoms with Crippen LogP contribution in [0.1, 0.15) is 25.3 Å². The molecule has 1 fully saturated rings. The molecule has 0 bridgehead atoms. The molecular formula is C15H25ClN2O3S. The van der Waals surface area contributed by atoms with E-state index in [0.29, 0.717) is 30.5 Å². The van der Waals surface area contributed by atoms with Crippen LogP contribution < -0.4 is 5.73 Å². The summed E-state index contributed by atoms with van der Waals surface area (Å²) in [6.07, 6.45) is 1.66. The Hall–Kier alpha value is -0.660. The van der Waals surface area contributed by atoms with Crippen LogP contribution in [-0.2, 0) is 21.4 Å². The van der Waals surface area contributed by atoms with Gasteiger partial charge in [0.25, 0.3) is 0 Å². The summed E-state index contributed by atoms with van der Waals surface area (Å²) in [7, 11) is -1.82. The molecule has 1 saturated heterocycles. The van der Waals surface area contributed by atoms with Crippen molar-refractivity contribution in [1.82, 2.24) is 4.31 Å². The number of benzene rings is 1. The first kappa shape index (κ1) is 19.4. The van der Waals surface area contributed by atoms with Crippen molar-refractivity contribution in [2.75, 3.05) is 20.2 Å². The number of hydrogen-bond acceptors (Lipinski definition) is 4. The number of ether oxygens (including phenoxy) is 1. The van der Waals surface area contributed by atoms with Crippen molar-refractivity contribution in [2.24, 2.45) is 11.7 Å². The van der Waals surface area contributed by atoms with E-state index in [9.17, 15) is 8.42 Å². The Labute approximate surface area is 139 Å². The van der Waals surface area contributed by atoms with Crippen LogP contribution in [0.3, 0.4) is 0 Å². The Morgan fingerprint density at radius 3 is 2.55 bits per heavy atom. The third kappa shape index (κ3) is 4.43. The Kier molecular flexibility index (Phi) is 7.28. The van der Waals surface area contributed by atoms with Gasteiger partial charge in [-0.3, -0.25) is 0 Å². The minimum Gasteiger partial charge on any atom is -0.380 e. The van der Waals surface area contributed by atoms with Crippen molar-refractivity contribution in [3.8, 4) is 0 Å². The monoisotopic (exact) mass is 348 g/mol. The molecule has 7 heteroatoms. The van der Waals surface area contributed by atoms with Crippen molar-refractivity contribution in [3.63, 3.8) is 0 Å². The number of halogens is 1. The van der Waals surface area contributed by atoms with Crippen LogP contribution >= 0.6 is 12.4 Å². The highest BCUT2D eigenvalue weighted by Gasteiger charge is 2.30. The fraction of sp³-hybridized carbons (Fsp3) is 0.600. The molecule has 0 amide bonds. The summed E-state index contributed by atoms with van der Waals surface area (Å²) in [5, 5.41) is 0. The molecule has 1 unspecified atom stereocenters. The highest BCUT2D eigenvalue weighted by molar-refractivity contribution is 7.89. The molecule has 126 valence electrons. The van der Waals surface area contributed by atoms with Gasteiger partial charge in [-0.2, -0.15) is 4.31 Å². The van der Waals surface area contributed by atoms with Gasteiger partial charge in [-0.15, -0.1) is 12.4 Å². The fourth-order valence-corrected chi connectivity index (χ4v) is 4.29. The van der Waals surface area contributed by atoms with Gasteiger partial charge in [-0.1, -0.05) is 12.1 Å². The maximum Gasteiger partial charge on any atom is 0.243 e. The summed E-state index contributed by atoms with van der Waals surface area (Å²) in [6.45, 7) is 3.49. The summed E-state index contributed by atoms with van der Waals surface area (Å²) in [5.41, 5.74) is 6.77. The van der Waals surface area contributed by atoms with E-state index in [2.05, 4.69) is 0 Å². The second-order valence-electron chi connectivity index (χ2n) is 5.68. The zero-order valence-corrected chi connectivity index (χ0v) is 14.7. The third-order valence-electron chi connectivity index (χ3n) is 4.09. The first-order valence-corrected chi connectivity index (χ1v) is 8.72. The van der Waals surface area contributed by atoms with Gasteiger partial charge >= 0.3 is 0 Å². The van der Waals surface area contributed by atoms with Crippen LogP contribution in [0.5, 0.6) is 0 Å². The minimum absolute atomic E-state index is 0. The van der Waals surface area contributed by atoms with Crippen LogP contribution in [0.15, 0.2) is 29.2 Å². The normalized spacial score (nSPS) is 18.7. The van der Waals surface area contributed by atoms with Gasteiger partial charge in [0.2, 0.25) is 10.0 Å². The number of hydrogen-bond donors (Lipinski definition) is 1. The smallest absolute Gasteiger partial charge is 0.243 e. The Morgan fingerprint density at radius 1 is 1.36 bits per heavy atom. The topological polar surface area (TPSA) is 72.6 Å². The molecule has 2 N–H and O–H groups in total. The summed E-state index contributed by atoms with van der Waals surface area (Å²) >= 11 is 0. The maximum absolute atomic E-state index is 12.7. The van der Waals surface area contributed by atoms with Gasteiger partial charge in [0.05, 0.1) is 11.5 Å². The molecule has 1 heterocycles. The molecule has 1 aromatic rings. The Bertz CT molecular complexity index is 570. The highest BCUT2D eigenvalue weighted by atomic mass is 35.5. The van der Waals surface area contributed by atoms with Crippen LogP contribution in [0.4, 0.5) is 0 Å². The van der Waals surface area contributed by atoms with Crippen LogP contribution in [0.25, 0.3) is 0 Å². The summed E-state index contributed by atoms with van der Waals surface area (Å²) in [4.78, 5) is 0.344. The second-order valence-corrected chi connectivity index (χ2v) is 7.62. The lowest BCUT2D eigenvalue weighted by atomic mass is 9.92. The molecule has 1 aromatic carbocycles. The van der Waals surface area contributed by atoms with Gasteiger partial charge < -0.3 is 10.5 Å². The summed E-state index contributed by atoms with van der Waals surface area (Å²) < 4.78 is 32.0. The second kappa shape index (κ2) is 8.26. The molecule has 0 radical (unpaired) electrons. The van der Waals surface area contributed by atoms with Gasteiger partial charge in [0.15, 0.2) is 0 Å². The molecule has 1 aliphatic rings. The Balaban J connectivity index is 0.00000242. The lowest BCUT2D eigenvalue weighted by Crippen LogP contribution is -2.42. The molecule has 22 heavy (non-hydrogen) atoms. The Morgan fingerprint density at radius 2 is 2.00 bits per heavy atom. The van der Waals surface area contributed by atoms with Crippen LogP contribution in [-0.4, -0.2) is 39.0 Å². The fourth-order valence-electron chi connectivity index (χ4n) is 2.75. The van der Waals surface area contributed by atoms with Gasteiger partial charge in [-0.25, -0.2) is 8.42 Å². The first-order chi connectivity index (χ1) is 9.95. The zero-order chi connectivity index (χ0) is 15.5. The first-order valence-electron chi connectivity index (χ1n) is 7.28. The van der Waals surface area contributed by atoms with E-state index in [4.69, 9.17) is 10.5 Å². The predicted octanol–water partition coefficient (Wildman–Crippen LogP) is 2.00. The van der Waals surface area contributed by atoms with Crippen molar-refractivity contribution >= 4 is 22.4 Å². The lowest BCUT2D eigenvalue weighted by Gasteiger charge is -2.33. The molecule has 5 nitrogen and oxygen atoms in total. The minimum atomic E-state index is -3.42. The van der Waals surface area contributed by atoms with E-state index in [0.717, 1.165) is 18.4 Å². The number of piperidine rings is 1. The van der Waals surface area contributed by atoms with Gasteiger partial charge in [0.1, 0.15) is 0 Å². The average molecular weight is 349 g/mol.